The Labute approximate surface area is 122 Å². The minimum Gasteiger partial charge on any atom is -0.506 e. The van der Waals surface area contributed by atoms with E-state index in [0.717, 1.165) is 25.3 Å². The number of carbonyl (C=O) groups is 1. The zero-order chi connectivity index (χ0) is 15.5. The Morgan fingerprint density at radius 2 is 2.05 bits per heavy atom. The molecule has 0 saturated heterocycles. The smallest absolute Gasteiger partial charge is 0.271 e. The zero-order valence-corrected chi connectivity index (χ0v) is 11.7. The summed E-state index contributed by atoms with van der Waals surface area (Å²) in [4.78, 5) is 22.7. The lowest BCUT2D eigenvalue weighted by molar-refractivity contribution is -0.384. The van der Waals surface area contributed by atoms with Crippen LogP contribution in [0.5, 0.6) is 5.75 Å². The lowest BCUT2D eigenvalue weighted by Gasteiger charge is -2.34. The summed E-state index contributed by atoms with van der Waals surface area (Å²) in [5, 5.41) is 23.1. The van der Waals surface area contributed by atoms with Gasteiger partial charge >= 0.3 is 0 Å². The van der Waals surface area contributed by atoms with Gasteiger partial charge in [0.2, 0.25) is 5.91 Å². The first kappa shape index (κ1) is 15.2. The van der Waals surface area contributed by atoms with E-state index in [1.54, 1.807) is 0 Å². The van der Waals surface area contributed by atoms with Gasteiger partial charge in [-0.05, 0) is 18.9 Å². The third-order valence-electron chi connectivity index (χ3n) is 4.12. The molecule has 0 spiro atoms. The minimum absolute atomic E-state index is 0.0487. The van der Waals surface area contributed by atoms with Crippen LogP contribution in [0.1, 0.15) is 32.1 Å². The summed E-state index contributed by atoms with van der Waals surface area (Å²) in [5.41, 5.74) is 5.00. The number of phenolic OH excluding ortho intramolecular Hbond substituents is 1. The van der Waals surface area contributed by atoms with E-state index in [2.05, 4.69) is 5.32 Å². The van der Waals surface area contributed by atoms with Crippen molar-refractivity contribution in [1.29, 1.82) is 0 Å². The molecule has 1 saturated carbocycles. The molecule has 0 unspecified atom stereocenters. The van der Waals surface area contributed by atoms with Crippen molar-refractivity contribution in [3.63, 3.8) is 0 Å². The predicted molar refractivity (Wildman–Crippen MR) is 78.0 cm³/mol. The maximum atomic E-state index is 12.5. The average molecular weight is 293 g/mol. The Kier molecular flexibility index (Phi) is 4.42. The van der Waals surface area contributed by atoms with Crippen molar-refractivity contribution in [2.75, 3.05) is 11.9 Å². The Bertz CT molecular complexity index is 553. The number of nitrogens with one attached hydrogen (secondary N) is 1. The molecular formula is C14H19N3O4. The molecule has 1 aliphatic carbocycles. The highest BCUT2D eigenvalue weighted by atomic mass is 16.6. The molecular weight excluding hydrogens is 274 g/mol. The van der Waals surface area contributed by atoms with Gasteiger partial charge in [-0.2, -0.15) is 0 Å². The summed E-state index contributed by atoms with van der Waals surface area (Å²) in [6, 6.07) is 3.54. The molecule has 7 heteroatoms. The number of hydrogen-bond acceptors (Lipinski definition) is 5. The van der Waals surface area contributed by atoms with Crippen molar-refractivity contribution in [3.8, 4) is 5.75 Å². The van der Waals surface area contributed by atoms with E-state index < -0.39 is 10.3 Å². The van der Waals surface area contributed by atoms with Gasteiger partial charge < -0.3 is 16.2 Å². The number of rotatable bonds is 4. The van der Waals surface area contributed by atoms with Gasteiger partial charge in [0, 0.05) is 18.7 Å². The summed E-state index contributed by atoms with van der Waals surface area (Å²) < 4.78 is 0. The molecule has 1 fully saturated rings. The van der Waals surface area contributed by atoms with Crippen molar-refractivity contribution >= 4 is 17.3 Å². The van der Waals surface area contributed by atoms with Gasteiger partial charge in [-0.25, -0.2) is 0 Å². The quantitative estimate of drug-likeness (QED) is 0.446. The van der Waals surface area contributed by atoms with Crippen LogP contribution in [0.15, 0.2) is 18.2 Å². The number of amides is 1. The number of non-ortho nitro benzene ring substituents is 1. The summed E-state index contributed by atoms with van der Waals surface area (Å²) in [7, 11) is 0. The molecule has 1 aromatic rings. The second kappa shape index (κ2) is 6.09. The van der Waals surface area contributed by atoms with Crippen LogP contribution in [-0.2, 0) is 4.79 Å². The van der Waals surface area contributed by atoms with Crippen molar-refractivity contribution in [2.45, 2.75) is 32.1 Å². The van der Waals surface area contributed by atoms with E-state index in [4.69, 9.17) is 5.73 Å². The second-order valence-corrected chi connectivity index (χ2v) is 5.46. The lowest BCUT2D eigenvalue weighted by atomic mass is 9.73. The number of nitrogens with two attached hydrogens (primary N) is 1. The van der Waals surface area contributed by atoms with Crippen LogP contribution in [0.25, 0.3) is 0 Å². The highest BCUT2D eigenvalue weighted by Gasteiger charge is 2.38. The standard InChI is InChI=1S/C14H19N3O4/c15-9-14(6-2-1-3-7-14)13(19)16-11-8-10(17(20)21)4-5-12(11)18/h4-5,8,18H,1-3,6-7,9,15H2,(H,16,19). The molecule has 0 bridgehead atoms. The minimum atomic E-state index is -0.644. The molecule has 114 valence electrons. The highest BCUT2D eigenvalue weighted by molar-refractivity contribution is 5.97. The Morgan fingerprint density at radius 1 is 1.38 bits per heavy atom. The van der Waals surface area contributed by atoms with Gasteiger partial charge in [-0.3, -0.25) is 14.9 Å². The summed E-state index contributed by atoms with van der Waals surface area (Å²) >= 11 is 0. The van der Waals surface area contributed by atoms with Gasteiger partial charge in [0.25, 0.3) is 5.69 Å². The van der Waals surface area contributed by atoms with E-state index in [0.29, 0.717) is 12.8 Å². The molecule has 7 nitrogen and oxygen atoms in total. The normalized spacial score (nSPS) is 17.2. The van der Waals surface area contributed by atoms with E-state index in [-0.39, 0.29) is 29.6 Å². The molecule has 4 N–H and O–H groups in total. The fraction of sp³-hybridized carbons (Fsp3) is 0.500. The fourth-order valence-electron chi connectivity index (χ4n) is 2.75. The lowest BCUT2D eigenvalue weighted by Crippen LogP contribution is -2.43. The van der Waals surface area contributed by atoms with Crippen molar-refractivity contribution < 1.29 is 14.8 Å². The number of carbonyl (C=O) groups excluding carboxylic acids is 1. The molecule has 1 amide bonds. The third-order valence-corrected chi connectivity index (χ3v) is 4.12. The molecule has 0 atom stereocenters. The second-order valence-electron chi connectivity index (χ2n) is 5.46. The van der Waals surface area contributed by atoms with Gasteiger partial charge in [-0.15, -0.1) is 0 Å². The number of anilines is 1. The molecule has 21 heavy (non-hydrogen) atoms. The van der Waals surface area contributed by atoms with Crippen LogP contribution in [0, 0.1) is 15.5 Å². The van der Waals surface area contributed by atoms with Gasteiger partial charge in [-0.1, -0.05) is 19.3 Å². The van der Waals surface area contributed by atoms with Crippen LogP contribution in [0.3, 0.4) is 0 Å². The van der Waals surface area contributed by atoms with Crippen LogP contribution in [0.2, 0.25) is 0 Å². The summed E-state index contributed by atoms with van der Waals surface area (Å²) in [6.07, 6.45) is 4.35. The molecule has 0 radical (unpaired) electrons. The Morgan fingerprint density at radius 3 is 2.62 bits per heavy atom. The van der Waals surface area contributed by atoms with Crippen LogP contribution >= 0.6 is 0 Å². The van der Waals surface area contributed by atoms with E-state index in [1.807, 2.05) is 0 Å². The van der Waals surface area contributed by atoms with Gasteiger partial charge in [0.1, 0.15) is 5.75 Å². The number of nitro benzene ring substituents is 1. The van der Waals surface area contributed by atoms with E-state index in [9.17, 15) is 20.0 Å². The van der Waals surface area contributed by atoms with Crippen molar-refractivity contribution in [3.05, 3.63) is 28.3 Å². The number of benzene rings is 1. The molecule has 1 aromatic carbocycles. The maximum absolute atomic E-state index is 12.5. The first-order chi connectivity index (χ1) is 9.98. The molecule has 2 rings (SSSR count). The molecule has 0 heterocycles. The van der Waals surface area contributed by atoms with E-state index in [1.165, 1.54) is 12.1 Å². The largest absolute Gasteiger partial charge is 0.506 e. The maximum Gasteiger partial charge on any atom is 0.271 e. The number of nitro groups is 1. The Hall–Kier alpha value is -2.15. The monoisotopic (exact) mass is 293 g/mol. The summed E-state index contributed by atoms with van der Waals surface area (Å²) in [6.45, 7) is 0.231. The Balaban J connectivity index is 2.22. The molecule has 1 aliphatic rings. The fourth-order valence-corrected chi connectivity index (χ4v) is 2.75. The summed E-state index contributed by atoms with van der Waals surface area (Å²) in [5.74, 6) is -0.475. The van der Waals surface area contributed by atoms with Gasteiger partial charge in [0.05, 0.1) is 16.0 Å². The van der Waals surface area contributed by atoms with Gasteiger partial charge in [0.15, 0.2) is 0 Å². The SMILES string of the molecule is NCC1(C(=O)Nc2cc([N+](=O)[O-])ccc2O)CCCCC1. The molecule has 0 aromatic heterocycles. The van der Waals surface area contributed by atoms with Crippen LogP contribution in [-0.4, -0.2) is 22.5 Å². The number of nitrogens with zero attached hydrogens (tertiary/aromatic N) is 1. The zero-order valence-electron chi connectivity index (χ0n) is 11.7. The van der Waals surface area contributed by atoms with Crippen molar-refractivity contribution in [2.24, 2.45) is 11.1 Å². The topological polar surface area (TPSA) is 118 Å². The number of hydrogen-bond donors (Lipinski definition) is 3. The average Bonchev–Trinajstić information content (AvgIpc) is 2.49. The third kappa shape index (κ3) is 3.13. The highest BCUT2D eigenvalue weighted by Crippen LogP contribution is 2.37. The van der Waals surface area contributed by atoms with E-state index >= 15 is 0 Å². The van der Waals surface area contributed by atoms with Crippen LogP contribution < -0.4 is 11.1 Å². The predicted octanol–water partition coefficient (Wildman–Crippen LogP) is 2.15. The number of phenols is 1. The van der Waals surface area contributed by atoms with Crippen LogP contribution in [0.4, 0.5) is 11.4 Å². The first-order valence-electron chi connectivity index (χ1n) is 6.97. The molecule has 0 aliphatic heterocycles. The van der Waals surface area contributed by atoms with Crippen molar-refractivity contribution in [1.82, 2.24) is 0 Å². The first-order valence-corrected chi connectivity index (χ1v) is 6.97. The number of aromatic hydroxyl groups is 1.